The van der Waals surface area contributed by atoms with Crippen molar-refractivity contribution in [2.45, 2.75) is 18.7 Å². The highest BCUT2D eigenvalue weighted by molar-refractivity contribution is 14.1. The van der Waals surface area contributed by atoms with Crippen molar-refractivity contribution in [1.82, 2.24) is 4.98 Å². The Morgan fingerprint density at radius 1 is 1.56 bits per heavy atom. The molecule has 0 bridgehead atoms. The number of carboxylic acid groups (broad SMARTS) is 1. The Morgan fingerprint density at radius 2 is 2.19 bits per heavy atom. The van der Waals surface area contributed by atoms with E-state index in [4.69, 9.17) is 16.7 Å². The van der Waals surface area contributed by atoms with E-state index in [-0.39, 0.29) is 29.3 Å². The normalized spacial score (nSPS) is 10.8. The summed E-state index contributed by atoms with van der Waals surface area (Å²) in [6, 6.07) is 1.23. The SMILES string of the molecule is O=C(O)Cc1nc(CCl)c(C(F)F)cc1I. The van der Waals surface area contributed by atoms with Crippen LogP contribution < -0.4 is 0 Å². The number of carbonyl (C=O) groups is 1. The van der Waals surface area contributed by atoms with E-state index >= 15 is 0 Å². The molecule has 0 aliphatic carbocycles. The number of nitrogens with zero attached hydrogens (tertiary/aromatic N) is 1. The second-order valence-electron chi connectivity index (χ2n) is 2.96. The van der Waals surface area contributed by atoms with E-state index in [1.165, 1.54) is 6.07 Å². The Hall–Kier alpha value is -0.500. The van der Waals surface area contributed by atoms with Crippen LogP contribution in [0.2, 0.25) is 0 Å². The third kappa shape index (κ3) is 3.24. The number of halogens is 4. The van der Waals surface area contributed by atoms with Gasteiger partial charge in [-0.05, 0) is 28.7 Å². The van der Waals surface area contributed by atoms with Crippen LogP contribution in [0.5, 0.6) is 0 Å². The zero-order chi connectivity index (χ0) is 12.3. The quantitative estimate of drug-likeness (QED) is 0.662. The first kappa shape index (κ1) is 13.6. The van der Waals surface area contributed by atoms with Gasteiger partial charge in [0.15, 0.2) is 0 Å². The van der Waals surface area contributed by atoms with Crippen molar-refractivity contribution in [3.05, 3.63) is 26.6 Å². The lowest BCUT2D eigenvalue weighted by Crippen LogP contribution is -2.08. The lowest BCUT2D eigenvalue weighted by Gasteiger charge is -2.09. The number of hydrogen-bond acceptors (Lipinski definition) is 2. The van der Waals surface area contributed by atoms with Crippen LogP contribution in [-0.4, -0.2) is 16.1 Å². The highest BCUT2D eigenvalue weighted by Gasteiger charge is 2.18. The van der Waals surface area contributed by atoms with Gasteiger partial charge in [0.05, 0.1) is 23.7 Å². The predicted octanol–water partition coefficient (Wildman–Crippen LogP) is 2.99. The minimum atomic E-state index is -2.66. The molecule has 16 heavy (non-hydrogen) atoms. The molecule has 0 aromatic carbocycles. The van der Waals surface area contributed by atoms with Crippen molar-refractivity contribution in [3.8, 4) is 0 Å². The van der Waals surface area contributed by atoms with E-state index in [0.717, 1.165) is 0 Å². The number of hydrogen-bond donors (Lipinski definition) is 1. The highest BCUT2D eigenvalue weighted by atomic mass is 127. The zero-order valence-electron chi connectivity index (χ0n) is 7.88. The topological polar surface area (TPSA) is 50.2 Å². The van der Waals surface area contributed by atoms with Gasteiger partial charge in [0.1, 0.15) is 0 Å². The minimum absolute atomic E-state index is 0.0355. The molecule has 0 amide bonds. The van der Waals surface area contributed by atoms with Gasteiger partial charge in [0.2, 0.25) is 0 Å². The van der Waals surface area contributed by atoms with Crippen molar-refractivity contribution in [1.29, 1.82) is 0 Å². The summed E-state index contributed by atoms with van der Waals surface area (Å²) in [5.41, 5.74) is 0.0509. The van der Waals surface area contributed by atoms with Gasteiger partial charge in [-0.25, -0.2) is 8.78 Å². The zero-order valence-corrected chi connectivity index (χ0v) is 10.8. The largest absolute Gasteiger partial charge is 0.481 e. The molecule has 0 aliphatic rings. The summed E-state index contributed by atoms with van der Waals surface area (Å²) in [5.74, 6) is -1.22. The van der Waals surface area contributed by atoms with E-state index in [0.29, 0.717) is 3.57 Å². The Kier molecular flexibility index (Phi) is 4.85. The predicted molar refractivity (Wildman–Crippen MR) is 62.8 cm³/mol. The Labute approximate surface area is 109 Å². The van der Waals surface area contributed by atoms with Crippen molar-refractivity contribution in [2.75, 3.05) is 0 Å². The molecule has 88 valence electrons. The molecule has 3 nitrogen and oxygen atoms in total. The fourth-order valence-corrected chi connectivity index (χ4v) is 2.01. The first-order valence-corrected chi connectivity index (χ1v) is 5.81. The first-order chi connectivity index (χ1) is 7.45. The van der Waals surface area contributed by atoms with E-state index < -0.39 is 12.4 Å². The number of alkyl halides is 3. The summed E-state index contributed by atoms with van der Waals surface area (Å²) in [6.45, 7) is 0. The summed E-state index contributed by atoms with van der Waals surface area (Å²) in [6.07, 6.45) is -2.96. The molecule has 0 atom stereocenters. The van der Waals surface area contributed by atoms with Gasteiger partial charge in [-0.2, -0.15) is 0 Å². The van der Waals surface area contributed by atoms with Gasteiger partial charge in [-0.15, -0.1) is 11.6 Å². The molecule has 0 aliphatic heterocycles. The Morgan fingerprint density at radius 3 is 2.62 bits per heavy atom. The van der Waals surface area contributed by atoms with Crippen molar-refractivity contribution >= 4 is 40.2 Å². The Balaban J connectivity index is 3.20. The van der Waals surface area contributed by atoms with E-state index in [1.54, 1.807) is 22.6 Å². The maximum absolute atomic E-state index is 12.6. The smallest absolute Gasteiger partial charge is 0.309 e. The van der Waals surface area contributed by atoms with Crippen molar-refractivity contribution in [3.63, 3.8) is 0 Å². The van der Waals surface area contributed by atoms with Crippen LogP contribution in [0.3, 0.4) is 0 Å². The first-order valence-electron chi connectivity index (χ1n) is 4.19. The molecule has 0 saturated carbocycles. The molecule has 0 spiro atoms. The molecule has 1 rings (SSSR count). The van der Waals surface area contributed by atoms with Gasteiger partial charge in [0.25, 0.3) is 6.43 Å². The maximum atomic E-state index is 12.6. The third-order valence-electron chi connectivity index (χ3n) is 1.84. The molecule has 0 saturated heterocycles. The molecule has 0 radical (unpaired) electrons. The molecule has 1 heterocycles. The summed E-state index contributed by atoms with van der Waals surface area (Å²) in [4.78, 5) is 14.4. The van der Waals surface area contributed by atoms with Crippen LogP contribution >= 0.6 is 34.2 Å². The summed E-state index contributed by atoms with van der Waals surface area (Å²) in [7, 11) is 0. The molecule has 0 unspecified atom stereocenters. The maximum Gasteiger partial charge on any atom is 0.309 e. The van der Waals surface area contributed by atoms with E-state index in [9.17, 15) is 13.6 Å². The van der Waals surface area contributed by atoms with E-state index in [1.807, 2.05) is 0 Å². The van der Waals surface area contributed by atoms with Crippen molar-refractivity contribution in [2.24, 2.45) is 0 Å². The second kappa shape index (κ2) is 5.72. The van der Waals surface area contributed by atoms with Crippen LogP contribution in [0.25, 0.3) is 0 Å². The second-order valence-corrected chi connectivity index (χ2v) is 4.39. The molecule has 0 fully saturated rings. The van der Waals surface area contributed by atoms with Crippen LogP contribution in [0, 0.1) is 3.57 Å². The van der Waals surface area contributed by atoms with Crippen LogP contribution in [-0.2, 0) is 17.1 Å². The number of rotatable bonds is 4. The lowest BCUT2D eigenvalue weighted by molar-refractivity contribution is -0.136. The average molecular weight is 362 g/mol. The van der Waals surface area contributed by atoms with Gasteiger partial charge >= 0.3 is 5.97 Å². The molecule has 7 heteroatoms. The number of aliphatic carboxylic acids is 1. The highest BCUT2D eigenvalue weighted by Crippen LogP contribution is 2.26. The number of carboxylic acids is 1. The fraction of sp³-hybridized carbons (Fsp3) is 0.333. The summed E-state index contributed by atoms with van der Waals surface area (Å²) >= 11 is 7.27. The van der Waals surface area contributed by atoms with Gasteiger partial charge in [-0.3, -0.25) is 9.78 Å². The minimum Gasteiger partial charge on any atom is -0.481 e. The Bertz CT molecular complexity index is 415. The lowest BCUT2D eigenvalue weighted by atomic mass is 10.1. The van der Waals surface area contributed by atoms with Gasteiger partial charge < -0.3 is 5.11 Å². The fourth-order valence-electron chi connectivity index (χ4n) is 1.15. The van der Waals surface area contributed by atoms with E-state index in [2.05, 4.69) is 4.98 Å². The summed E-state index contributed by atoms with van der Waals surface area (Å²) < 4.78 is 25.5. The molecular formula is C9H7ClF2INO2. The van der Waals surface area contributed by atoms with Crippen LogP contribution in [0.15, 0.2) is 6.07 Å². The molecule has 1 aromatic heterocycles. The number of pyridine rings is 1. The molecule has 1 N–H and O–H groups in total. The monoisotopic (exact) mass is 361 g/mol. The van der Waals surface area contributed by atoms with Crippen LogP contribution in [0.4, 0.5) is 8.78 Å². The third-order valence-corrected chi connectivity index (χ3v) is 3.03. The number of aromatic nitrogens is 1. The molecule has 1 aromatic rings. The standard InChI is InChI=1S/C9H7ClF2INO2/c10-3-7-4(9(11)12)1-5(13)6(14-7)2-8(15)16/h1,9H,2-3H2,(H,15,16). The van der Waals surface area contributed by atoms with Crippen molar-refractivity contribution < 1.29 is 18.7 Å². The molecular weight excluding hydrogens is 354 g/mol. The van der Waals surface area contributed by atoms with Crippen LogP contribution in [0.1, 0.15) is 23.4 Å². The average Bonchev–Trinajstić information content (AvgIpc) is 2.19. The summed E-state index contributed by atoms with van der Waals surface area (Å²) in [5, 5.41) is 8.61. The van der Waals surface area contributed by atoms with Gasteiger partial charge in [0, 0.05) is 9.13 Å². The van der Waals surface area contributed by atoms with Gasteiger partial charge in [-0.1, -0.05) is 0 Å².